The van der Waals surface area contributed by atoms with Crippen LogP contribution in [-0.4, -0.2) is 28.0 Å². The number of carbonyl (C=O) groups is 1. The number of imidazole rings is 1. The van der Waals surface area contributed by atoms with E-state index in [1.807, 2.05) is 42.8 Å². The van der Waals surface area contributed by atoms with Crippen molar-refractivity contribution in [1.29, 1.82) is 0 Å². The lowest BCUT2D eigenvalue weighted by molar-refractivity contribution is -0.122. The maximum absolute atomic E-state index is 12.1. The highest BCUT2D eigenvalue weighted by Gasteiger charge is 2.20. The third-order valence-electron chi connectivity index (χ3n) is 4.18. The molecule has 1 saturated heterocycles. The molecule has 2 aromatic rings. The van der Waals surface area contributed by atoms with E-state index in [1.165, 1.54) is 0 Å². The fraction of sp³-hybridized carbons (Fsp3) is 0.500. The van der Waals surface area contributed by atoms with Crippen LogP contribution in [0.25, 0.3) is 11.0 Å². The van der Waals surface area contributed by atoms with Crippen LogP contribution in [0, 0.1) is 0 Å². The predicted molar refractivity (Wildman–Crippen MR) is 97.4 cm³/mol. The Morgan fingerprint density at radius 2 is 2.17 bits per heavy atom. The van der Waals surface area contributed by atoms with Crippen LogP contribution in [0.2, 0.25) is 0 Å². The number of benzene rings is 1. The van der Waals surface area contributed by atoms with Crippen LogP contribution in [0.3, 0.4) is 0 Å². The predicted octanol–water partition coefficient (Wildman–Crippen LogP) is 2.74. The van der Waals surface area contributed by atoms with Crippen molar-refractivity contribution >= 4 is 41.8 Å². The molecule has 0 radical (unpaired) electrons. The third kappa shape index (κ3) is 4.37. The fourth-order valence-electron chi connectivity index (χ4n) is 3.07. The first-order chi connectivity index (χ1) is 10.1. The Kier molecular flexibility index (Phi) is 7.32. The molecule has 1 amide bonds. The largest absolute Gasteiger partial charge is 0.346 e. The number of nitrogens with one attached hydrogen (secondary N) is 2. The van der Waals surface area contributed by atoms with Crippen molar-refractivity contribution in [3.8, 4) is 0 Å². The molecule has 7 heteroatoms. The molecule has 1 aliphatic heterocycles. The molecule has 5 nitrogen and oxygen atoms in total. The second-order valence-electron chi connectivity index (χ2n) is 5.80. The van der Waals surface area contributed by atoms with E-state index >= 15 is 0 Å². The van der Waals surface area contributed by atoms with E-state index in [9.17, 15) is 4.79 Å². The van der Waals surface area contributed by atoms with Crippen LogP contribution in [0.1, 0.15) is 38.1 Å². The number of fused-ring (bicyclic) bond motifs is 1. The van der Waals surface area contributed by atoms with Gasteiger partial charge in [0.1, 0.15) is 5.82 Å². The van der Waals surface area contributed by atoms with Gasteiger partial charge in [-0.2, -0.15) is 0 Å². The van der Waals surface area contributed by atoms with Gasteiger partial charge < -0.3 is 15.2 Å². The number of rotatable bonds is 4. The number of nitrogens with zero attached hydrogens (tertiary/aromatic N) is 2. The molecule has 1 fully saturated rings. The van der Waals surface area contributed by atoms with Gasteiger partial charge in [-0.25, -0.2) is 4.98 Å². The molecule has 128 valence electrons. The molecule has 23 heavy (non-hydrogen) atoms. The molecule has 0 saturated carbocycles. The van der Waals surface area contributed by atoms with Gasteiger partial charge >= 0.3 is 0 Å². The summed E-state index contributed by atoms with van der Waals surface area (Å²) in [7, 11) is 1.99. The van der Waals surface area contributed by atoms with Gasteiger partial charge in [-0.1, -0.05) is 12.1 Å². The Morgan fingerprint density at radius 3 is 2.83 bits per heavy atom. The summed E-state index contributed by atoms with van der Waals surface area (Å²) in [6.07, 6.45) is 2.81. The zero-order chi connectivity index (χ0) is 14.8. The first kappa shape index (κ1) is 19.7. The van der Waals surface area contributed by atoms with E-state index in [2.05, 4.69) is 15.6 Å². The number of hydrogen-bond acceptors (Lipinski definition) is 3. The van der Waals surface area contributed by atoms with E-state index in [4.69, 9.17) is 0 Å². The Hall–Kier alpha value is -1.30. The number of hydrogen-bond donors (Lipinski definition) is 2. The number of halogens is 2. The fourth-order valence-corrected chi connectivity index (χ4v) is 3.07. The number of aryl methyl sites for hydroxylation is 1. The summed E-state index contributed by atoms with van der Waals surface area (Å²) < 4.78 is 2.05. The van der Waals surface area contributed by atoms with Gasteiger partial charge in [0, 0.05) is 19.5 Å². The Balaban J connectivity index is 0.00000132. The maximum atomic E-state index is 12.1. The Morgan fingerprint density at radius 1 is 1.43 bits per heavy atom. The zero-order valence-corrected chi connectivity index (χ0v) is 15.0. The number of amides is 1. The summed E-state index contributed by atoms with van der Waals surface area (Å²) in [5.74, 6) is 0.984. The number of carbonyl (C=O) groups excluding carboxylic acids is 1. The topological polar surface area (TPSA) is 59.0 Å². The Bertz CT molecular complexity index is 653. The summed E-state index contributed by atoms with van der Waals surface area (Å²) in [6.45, 7) is 3.01. The van der Waals surface area contributed by atoms with Crippen LogP contribution in [0.5, 0.6) is 0 Å². The highest BCUT2D eigenvalue weighted by atomic mass is 35.5. The minimum Gasteiger partial charge on any atom is -0.346 e. The second kappa shape index (κ2) is 8.52. The molecule has 2 N–H and O–H groups in total. The van der Waals surface area contributed by atoms with Crippen LogP contribution < -0.4 is 10.6 Å². The highest BCUT2D eigenvalue weighted by molar-refractivity contribution is 5.85. The first-order valence-corrected chi connectivity index (χ1v) is 7.59. The van der Waals surface area contributed by atoms with Gasteiger partial charge in [0.25, 0.3) is 0 Å². The molecular formula is C16H24Cl2N4O. The van der Waals surface area contributed by atoms with Gasteiger partial charge in [-0.05, 0) is 38.4 Å². The second-order valence-corrected chi connectivity index (χ2v) is 5.80. The van der Waals surface area contributed by atoms with Crippen molar-refractivity contribution in [1.82, 2.24) is 20.2 Å². The molecular weight excluding hydrogens is 335 g/mol. The molecule has 2 heterocycles. The molecule has 1 aliphatic rings. The van der Waals surface area contributed by atoms with Gasteiger partial charge in [0.15, 0.2) is 0 Å². The molecule has 1 aromatic carbocycles. The number of aromatic nitrogens is 2. The maximum Gasteiger partial charge on any atom is 0.222 e. The van der Waals surface area contributed by atoms with Crippen molar-refractivity contribution in [2.24, 2.45) is 7.05 Å². The molecule has 3 rings (SSSR count). The molecule has 0 spiro atoms. The van der Waals surface area contributed by atoms with E-state index in [0.29, 0.717) is 12.5 Å². The SMILES string of the molecule is CC(NC(=O)CC1CCCN1)c1nc2ccccc2n1C.Cl.Cl. The van der Waals surface area contributed by atoms with Crippen LogP contribution in [0.15, 0.2) is 24.3 Å². The van der Waals surface area contributed by atoms with Crippen LogP contribution in [-0.2, 0) is 11.8 Å². The van der Waals surface area contributed by atoms with Crippen LogP contribution in [0.4, 0.5) is 0 Å². The zero-order valence-electron chi connectivity index (χ0n) is 13.4. The van der Waals surface area contributed by atoms with E-state index in [1.54, 1.807) is 0 Å². The van der Waals surface area contributed by atoms with Crippen LogP contribution >= 0.6 is 24.8 Å². The van der Waals surface area contributed by atoms with E-state index in [0.717, 1.165) is 36.2 Å². The average molecular weight is 359 g/mol. The number of para-hydroxylation sites is 2. The van der Waals surface area contributed by atoms with Gasteiger partial charge in [0.05, 0.1) is 17.1 Å². The molecule has 1 aromatic heterocycles. The third-order valence-corrected chi connectivity index (χ3v) is 4.18. The quantitative estimate of drug-likeness (QED) is 0.883. The van der Waals surface area contributed by atoms with Crippen molar-refractivity contribution in [2.75, 3.05) is 6.54 Å². The summed E-state index contributed by atoms with van der Waals surface area (Å²) >= 11 is 0. The summed E-state index contributed by atoms with van der Waals surface area (Å²) in [5, 5.41) is 6.41. The lowest BCUT2D eigenvalue weighted by Gasteiger charge is -2.16. The summed E-state index contributed by atoms with van der Waals surface area (Å²) in [6, 6.07) is 8.27. The lowest BCUT2D eigenvalue weighted by Crippen LogP contribution is -2.34. The lowest BCUT2D eigenvalue weighted by atomic mass is 10.1. The standard InChI is InChI=1S/C16H22N4O.2ClH/c1-11(18-15(21)10-12-6-5-9-17-12)16-19-13-7-3-4-8-14(13)20(16)2;;/h3-4,7-8,11-12,17H,5-6,9-10H2,1-2H3,(H,18,21);2*1H. The van der Waals surface area contributed by atoms with Crippen molar-refractivity contribution < 1.29 is 4.79 Å². The van der Waals surface area contributed by atoms with Gasteiger partial charge in [-0.15, -0.1) is 24.8 Å². The highest BCUT2D eigenvalue weighted by Crippen LogP contribution is 2.19. The minimum absolute atomic E-state index is 0. The normalized spacial score (nSPS) is 18.1. The first-order valence-electron chi connectivity index (χ1n) is 7.59. The molecule has 2 atom stereocenters. The van der Waals surface area contributed by atoms with E-state index in [-0.39, 0.29) is 36.8 Å². The monoisotopic (exact) mass is 358 g/mol. The Labute approximate surface area is 149 Å². The van der Waals surface area contributed by atoms with E-state index < -0.39 is 0 Å². The van der Waals surface area contributed by atoms with Crippen molar-refractivity contribution in [3.63, 3.8) is 0 Å². The molecule has 0 bridgehead atoms. The minimum atomic E-state index is -0.0868. The average Bonchev–Trinajstić information content (AvgIpc) is 3.07. The van der Waals surface area contributed by atoms with Gasteiger partial charge in [-0.3, -0.25) is 4.79 Å². The molecule has 0 aliphatic carbocycles. The smallest absolute Gasteiger partial charge is 0.222 e. The van der Waals surface area contributed by atoms with Crippen molar-refractivity contribution in [2.45, 2.75) is 38.3 Å². The van der Waals surface area contributed by atoms with Gasteiger partial charge in [0.2, 0.25) is 5.91 Å². The van der Waals surface area contributed by atoms with Crippen molar-refractivity contribution in [3.05, 3.63) is 30.1 Å². The molecule has 2 unspecified atom stereocenters. The summed E-state index contributed by atoms with van der Waals surface area (Å²) in [4.78, 5) is 16.8. The summed E-state index contributed by atoms with van der Waals surface area (Å²) in [5.41, 5.74) is 2.06.